The summed E-state index contributed by atoms with van der Waals surface area (Å²) in [5.74, 6) is 1.55. The molecule has 0 amide bonds. The second-order valence-corrected chi connectivity index (χ2v) is 6.02. The second kappa shape index (κ2) is 4.81. The van der Waals surface area contributed by atoms with Crippen molar-refractivity contribution in [3.05, 3.63) is 35.4 Å². The maximum atomic E-state index is 3.56. The standard InChI is InChI=1S/C16H25N/c1-5-10-17-11-14-15(16(14,3)4)13-8-6-12(2)7-9-13/h6-9,14-15,17H,5,10-11H2,1-4H3. The van der Waals surface area contributed by atoms with Crippen molar-refractivity contribution in [3.63, 3.8) is 0 Å². The minimum atomic E-state index is 0.468. The molecule has 2 atom stereocenters. The van der Waals surface area contributed by atoms with Gasteiger partial charge in [-0.3, -0.25) is 0 Å². The van der Waals surface area contributed by atoms with E-state index in [1.807, 2.05) is 0 Å². The maximum absolute atomic E-state index is 3.56. The lowest BCUT2D eigenvalue weighted by Gasteiger charge is -2.03. The molecular weight excluding hydrogens is 206 g/mol. The third-order valence-corrected chi connectivity index (χ3v) is 4.28. The summed E-state index contributed by atoms with van der Waals surface area (Å²) in [7, 11) is 0. The van der Waals surface area contributed by atoms with E-state index in [-0.39, 0.29) is 0 Å². The van der Waals surface area contributed by atoms with Crippen LogP contribution in [0.25, 0.3) is 0 Å². The number of nitrogens with one attached hydrogen (secondary N) is 1. The van der Waals surface area contributed by atoms with Crippen molar-refractivity contribution in [2.24, 2.45) is 11.3 Å². The molecule has 17 heavy (non-hydrogen) atoms. The Kier molecular flexibility index (Phi) is 3.58. The first-order chi connectivity index (χ1) is 8.07. The highest BCUT2D eigenvalue weighted by atomic mass is 14.9. The molecule has 0 aliphatic heterocycles. The fraction of sp³-hybridized carbons (Fsp3) is 0.625. The molecule has 1 fully saturated rings. The van der Waals surface area contributed by atoms with Crippen molar-refractivity contribution >= 4 is 0 Å². The van der Waals surface area contributed by atoms with Crippen molar-refractivity contribution in [2.75, 3.05) is 13.1 Å². The maximum Gasteiger partial charge on any atom is -0.000913 e. The molecular formula is C16H25N. The molecule has 94 valence electrons. The van der Waals surface area contributed by atoms with Gasteiger partial charge in [0, 0.05) is 0 Å². The number of hydrogen-bond acceptors (Lipinski definition) is 1. The Labute approximate surface area is 106 Å². The van der Waals surface area contributed by atoms with Crippen molar-refractivity contribution in [3.8, 4) is 0 Å². The molecule has 1 aromatic carbocycles. The van der Waals surface area contributed by atoms with Gasteiger partial charge in [-0.1, -0.05) is 50.6 Å². The van der Waals surface area contributed by atoms with Crippen LogP contribution < -0.4 is 5.32 Å². The van der Waals surface area contributed by atoms with E-state index >= 15 is 0 Å². The van der Waals surface area contributed by atoms with E-state index in [0.717, 1.165) is 18.4 Å². The van der Waals surface area contributed by atoms with Gasteiger partial charge in [-0.25, -0.2) is 0 Å². The fourth-order valence-electron chi connectivity index (χ4n) is 3.00. The molecule has 1 aliphatic rings. The van der Waals surface area contributed by atoms with Gasteiger partial charge in [0.15, 0.2) is 0 Å². The Bertz CT molecular complexity index is 364. The smallest absolute Gasteiger partial charge is 0.000913 e. The fourth-order valence-corrected chi connectivity index (χ4v) is 3.00. The molecule has 1 heteroatoms. The molecule has 0 radical (unpaired) electrons. The largest absolute Gasteiger partial charge is 0.316 e. The van der Waals surface area contributed by atoms with Crippen molar-refractivity contribution in [1.29, 1.82) is 0 Å². The van der Waals surface area contributed by atoms with Crippen LogP contribution in [0.2, 0.25) is 0 Å². The normalized spacial score (nSPS) is 25.9. The zero-order valence-corrected chi connectivity index (χ0v) is 11.6. The zero-order chi connectivity index (χ0) is 12.5. The summed E-state index contributed by atoms with van der Waals surface area (Å²) in [4.78, 5) is 0. The molecule has 1 saturated carbocycles. The summed E-state index contributed by atoms with van der Waals surface area (Å²) in [6.45, 7) is 11.5. The first-order valence-electron chi connectivity index (χ1n) is 6.84. The van der Waals surface area contributed by atoms with Crippen LogP contribution in [0.15, 0.2) is 24.3 Å². The van der Waals surface area contributed by atoms with E-state index in [1.54, 1.807) is 0 Å². The number of benzene rings is 1. The van der Waals surface area contributed by atoms with Gasteiger partial charge in [-0.15, -0.1) is 0 Å². The average Bonchev–Trinajstić information content (AvgIpc) is 2.83. The Balaban J connectivity index is 2.00. The molecule has 0 heterocycles. The van der Waals surface area contributed by atoms with Crippen LogP contribution >= 0.6 is 0 Å². The van der Waals surface area contributed by atoms with Gasteiger partial charge in [-0.05, 0) is 49.2 Å². The lowest BCUT2D eigenvalue weighted by Crippen LogP contribution is -2.19. The van der Waals surface area contributed by atoms with Crippen LogP contribution in [0.4, 0.5) is 0 Å². The molecule has 1 aromatic rings. The van der Waals surface area contributed by atoms with Crippen LogP contribution in [-0.2, 0) is 0 Å². The predicted molar refractivity (Wildman–Crippen MR) is 74.4 cm³/mol. The molecule has 2 rings (SSSR count). The van der Waals surface area contributed by atoms with E-state index in [4.69, 9.17) is 0 Å². The van der Waals surface area contributed by atoms with Gasteiger partial charge in [0.05, 0.1) is 0 Å². The summed E-state index contributed by atoms with van der Waals surface area (Å²) < 4.78 is 0. The van der Waals surface area contributed by atoms with Gasteiger partial charge < -0.3 is 5.32 Å². The zero-order valence-electron chi connectivity index (χ0n) is 11.6. The van der Waals surface area contributed by atoms with Gasteiger partial charge in [0.25, 0.3) is 0 Å². The third-order valence-electron chi connectivity index (χ3n) is 4.28. The lowest BCUT2D eigenvalue weighted by atomic mass is 10.0. The van der Waals surface area contributed by atoms with Crippen molar-refractivity contribution in [2.45, 2.75) is 40.0 Å². The minimum absolute atomic E-state index is 0.468. The first-order valence-corrected chi connectivity index (χ1v) is 6.84. The molecule has 1 nitrogen and oxygen atoms in total. The van der Waals surface area contributed by atoms with E-state index in [9.17, 15) is 0 Å². The lowest BCUT2D eigenvalue weighted by molar-refractivity contribution is 0.518. The van der Waals surface area contributed by atoms with E-state index in [1.165, 1.54) is 24.1 Å². The predicted octanol–water partition coefficient (Wildman–Crippen LogP) is 3.73. The van der Waals surface area contributed by atoms with Crippen molar-refractivity contribution in [1.82, 2.24) is 5.32 Å². The minimum Gasteiger partial charge on any atom is -0.316 e. The van der Waals surface area contributed by atoms with Crippen LogP contribution in [0, 0.1) is 18.3 Å². The second-order valence-electron chi connectivity index (χ2n) is 6.02. The number of hydrogen-bond donors (Lipinski definition) is 1. The van der Waals surface area contributed by atoms with Gasteiger partial charge >= 0.3 is 0 Å². The van der Waals surface area contributed by atoms with Gasteiger partial charge in [0.2, 0.25) is 0 Å². The highest BCUT2D eigenvalue weighted by Gasteiger charge is 2.57. The third kappa shape index (κ3) is 2.55. The van der Waals surface area contributed by atoms with Crippen LogP contribution in [0.1, 0.15) is 44.2 Å². The number of rotatable bonds is 5. The molecule has 0 aromatic heterocycles. The highest BCUT2D eigenvalue weighted by Crippen LogP contribution is 2.63. The number of aryl methyl sites for hydroxylation is 1. The van der Waals surface area contributed by atoms with E-state index < -0.39 is 0 Å². The molecule has 1 N–H and O–H groups in total. The molecule has 0 saturated heterocycles. The topological polar surface area (TPSA) is 12.0 Å². The first kappa shape index (κ1) is 12.6. The SMILES string of the molecule is CCCNCC1C(c2ccc(C)cc2)C1(C)C. The summed E-state index contributed by atoms with van der Waals surface area (Å²) >= 11 is 0. The van der Waals surface area contributed by atoms with Crippen LogP contribution in [0.5, 0.6) is 0 Å². The Morgan fingerprint density at radius 1 is 1.18 bits per heavy atom. The van der Waals surface area contributed by atoms with Crippen LogP contribution in [-0.4, -0.2) is 13.1 Å². The summed E-state index contributed by atoms with van der Waals surface area (Å²) in [6.07, 6.45) is 1.22. The Morgan fingerprint density at radius 2 is 1.82 bits per heavy atom. The molecule has 0 spiro atoms. The summed E-state index contributed by atoms with van der Waals surface area (Å²) in [5.41, 5.74) is 3.34. The quantitative estimate of drug-likeness (QED) is 0.761. The van der Waals surface area contributed by atoms with Crippen LogP contribution in [0.3, 0.4) is 0 Å². The highest BCUT2D eigenvalue weighted by molar-refractivity contribution is 5.33. The van der Waals surface area contributed by atoms with Gasteiger partial charge in [-0.2, -0.15) is 0 Å². The van der Waals surface area contributed by atoms with Crippen molar-refractivity contribution < 1.29 is 0 Å². The monoisotopic (exact) mass is 231 g/mol. The van der Waals surface area contributed by atoms with E-state index in [2.05, 4.69) is 57.3 Å². The molecule has 2 unspecified atom stereocenters. The average molecular weight is 231 g/mol. The van der Waals surface area contributed by atoms with Gasteiger partial charge in [0.1, 0.15) is 0 Å². The molecule has 0 bridgehead atoms. The summed E-state index contributed by atoms with van der Waals surface area (Å²) in [6, 6.07) is 9.09. The Hall–Kier alpha value is -0.820. The Morgan fingerprint density at radius 3 is 2.41 bits per heavy atom. The van der Waals surface area contributed by atoms with E-state index in [0.29, 0.717) is 5.41 Å². The molecule has 1 aliphatic carbocycles. The summed E-state index contributed by atoms with van der Waals surface area (Å²) in [5, 5.41) is 3.56.